The summed E-state index contributed by atoms with van der Waals surface area (Å²) < 4.78 is 5.12. The number of anilines is 1. The molecule has 4 heteroatoms. The third-order valence-electron chi connectivity index (χ3n) is 2.83. The first kappa shape index (κ1) is 14.5. The number of carbonyl (C=O) groups is 1. The lowest BCUT2D eigenvalue weighted by Crippen LogP contribution is -2.28. The Morgan fingerprint density at radius 2 is 1.83 bits per heavy atom. The maximum Gasteiger partial charge on any atom is 0.411 e. The molecule has 0 saturated carbocycles. The van der Waals surface area contributed by atoms with E-state index in [4.69, 9.17) is 4.74 Å². The van der Waals surface area contributed by atoms with Crippen LogP contribution in [0.1, 0.15) is 19.4 Å². The minimum Gasteiger partial charge on any atom is -0.448 e. The van der Waals surface area contributed by atoms with Gasteiger partial charge in [0, 0.05) is 12.2 Å². The smallest absolute Gasteiger partial charge is 0.411 e. The van der Waals surface area contributed by atoms with Crippen molar-refractivity contribution in [1.29, 1.82) is 0 Å². The molecule has 0 atom stereocenters. The minimum atomic E-state index is -0.397. The highest BCUT2D eigenvalue weighted by molar-refractivity contribution is 5.84. The first-order valence-electron chi connectivity index (χ1n) is 6.38. The molecule has 1 aromatic carbocycles. The molecule has 0 heterocycles. The molecule has 0 aliphatic carbocycles. The normalized spacial score (nSPS) is 10.4. The number of nitrogens with one attached hydrogen (secondary N) is 1. The molecule has 100 valence electrons. The Morgan fingerprint density at radius 1 is 1.22 bits per heavy atom. The Balaban J connectivity index is 2.27. The number of rotatable bonds is 6. The maximum atomic E-state index is 11.5. The summed E-state index contributed by atoms with van der Waals surface area (Å²) in [5, 5.41) is 2.70. The SMILES string of the molecule is CCN(CC)CCOC(=O)Nc1ccc(C)cc1. The second kappa shape index (κ2) is 7.71. The molecule has 1 aromatic rings. The van der Waals surface area contributed by atoms with Crippen molar-refractivity contribution in [3.8, 4) is 0 Å². The first-order chi connectivity index (χ1) is 8.65. The van der Waals surface area contributed by atoms with E-state index in [9.17, 15) is 4.79 Å². The Labute approximate surface area is 109 Å². The van der Waals surface area contributed by atoms with E-state index in [1.807, 2.05) is 31.2 Å². The van der Waals surface area contributed by atoms with Crippen LogP contribution in [0, 0.1) is 6.92 Å². The van der Waals surface area contributed by atoms with E-state index >= 15 is 0 Å². The fourth-order valence-electron chi connectivity index (χ4n) is 1.60. The molecule has 0 bridgehead atoms. The zero-order valence-electron chi connectivity index (χ0n) is 11.4. The molecule has 0 fully saturated rings. The lowest BCUT2D eigenvalue weighted by molar-refractivity contribution is 0.142. The van der Waals surface area contributed by atoms with E-state index in [2.05, 4.69) is 24.1 Å². The van der Waals surface area contributed by atoms with Crippen LogP contribution in [0.3, 0.4) is 0 Å². The molecule has 0 radical (unpaired) electrons. The zero-order chi connectivity index (χ0) is 13.4. The van der Waals surface area contributed by atoms with Crippen molar-refractivity contribution in [1.82, 2.24) is 4.90 Å². The average Bonchev–Trinajstić information content (AvgIpc) is 2.37. The van der Waals surface area contributed by atoms with Gasteiger partial charge in [-0.25, -0.2) is 4.79 Å². The number of hydrogen-bond donors (Lipinski definition) is 1. The molecule has 0 unspecified atom stereocenters. The van der Waals surface area contributed by atoms with Gasteiger partial charge in [0.05, 0.1) is 0 Å². The lowest BCUT2D eigenvalue weighted by Gasteiger charge is -2.17. The zero-order valence-corrected chi connectivity index (χ0v) is 11.4. The number of carbonyl (C=O) groups excluding carboxylic acids is 1. The standard InChI is InChI=1S/C14H22N2O2/c1-4-16(5-2)10-11-18-14(17)15-13-8-6-12(3)7-9-13/h6-9H,4-5,10-11H2,1-3H3,(H,15,17). The van der Waals surface area contributed by atoms with E-state index in [0.717, 1.165) is 30.9 Å². The van der Waals surface area contributed by atoms with Gasteiger partial charge in [-0.2, -0.15) is 0 Å². The summed E-state index contributed by atoms with van der Waals surface area (Å²) in [6.07, 6.45) is -0.397. The highest BCUT2D eigenvalue weighted by Gasteiger charge is 2.04. The molecule has 1 rings (SSSR count). The Kier molecular flexibility index (Phi) is 6.22. The van der Waals surface area contributed by atoms with E-state index < -0.39 is 6.09 Å². The van der Waals surface area contributed by atoms with E-state index in [1.165, 1.54) is 0 Å². The van der Waals surface area contributed by atoms with Crippen molar-refractivity contribution < 1.29 is 9.53 Å². The molecule has 1 amide bonds. The maximum absolute atomic E-state index is 11.5. The van der Waals surface area contributed by atoms with Gasteiger partial charge < -0.3 is 9.64 Å². The van der Waals surface area contributed by atoms with Crippen LogP contribution in [0.2, 0.25) is 0 Å². The van der Waals surface area contributed by atoms with Crippen LogP contribution in [0.15, 0.2) is 24.3 Å². The monoisotopic (exact) mass is 250 g/mol. The van der Waals surface area contributed by atoms with Gasteiger partial charge in [0.2, 0.25) is 0 Å². The van der Waals surface area contributed by atoms with Gasteiger partial charge in [0.1, 0.15) is 6.61 Å². The highest BCUT2D eigenvalue weighted by atomic mass is 16.5. The second-order valence-corrected chi connectivity index (χ2v) is 4.15. The van der Waals surface area contributed by atoms with E-state index in [0.29, 0.717) is 6.61 Å². The Hall–Kier alpha value is -1.55. The van der Waals surface area contributed by atoms with Crippen LogP contribution in [-0.2, 0) is 4.74 Å². The number of ether oxygens (including phenoxy) is 1. The number of likely N-dealkylation sites (N-methyl/N-ethyl adjacent to an activating group) is 1. The van der Waals surface area contributed by atoms with Gasteiger partial charge in [-0.3, -0.25) is 5.32 Å². The fraction of sp³-hybridized carbons (Fsp3) is 0.500. The van der Waals surface area contributed by atoms with Crippen molar-refractivity contribution in [3.05, 3.63) is 29.8 Å². The Morgan fingerprint density at radius 3 is 2.39 bits per heavy atom. The highest BCUT2D eigenvalue weighted by Crippen LogP contribution is 2.08. The molecule has 1 N–H and O–H groups in total. The summed E-state index contributed by atoms with van der Waals surface area (Å²) in [4.78, 5) is 13.7. The third kappa shape index (κ3) is 5.19. The van der Waals surface area contributed by atoms with Gasteiger partial charge in [0.15, 0.2) is 0 Å². The van der Waals surface area contributed by atoms with Crippen LogP contribution < -0.4 is 5.32 Å². The number of aryl methyl sites for hydroxylation is 1. The van der Waals surface area contributed by atoms with Crippen LogP contribution in [0.25, 0.3) is 0 Å². The lowest BCUT2D eigenvalue weighted by atomic mass is 10.2. The van der Waals surface area contributed by atoms with Crippen LogP contribution in [0.4, 0.5) is 10.5 Å². The third-order valence-corrected chi connectivity index (χ3v) is 2.83. The number of nitrogens with zero attached hydrogens (tertiary/aromatic N) is 1. The first-order valence-corrected chi connectivity index (χ1v) is 6.38. The van der Waals surface area contributed by atoms with E-state index in [-0.39, 0.29) is 0 Å². The van der Waals surface area contributed by atoms with Crippen molar-refractivity contribution in [3.63, 3.8) is 0 Å². The minimum absolute atomic E-state index is 0.397. The van der Waals surface area contributed by atoms with Crippen LogP contribution in [-0.4, -0.2) is 37.2 Å². The summed E-state index contributed by atoms with van der Waals surface area (Å²) in [5.41, 5.74) is 1.92. The van der Waals surface area contributed by atoms with Crippen molar-refractivity contribution in [2.45, 2.75) is 20.8 Å². The van der Waals surface area contributed by atoms with Crippen molar-refractivity contribution >= 4 is 11.8 Å². The molecule has 0 saturated heterocycles. The number of benzene rings is 1. The van der Waals surface area contributed by atoms with Gasteiger partial charge in [0.25, 0.3) is 0 Å². The van der Waals surface area contributed by atoms with Crippen molar-refractivity contribution in [2.75, 3.05) is 31.6 Å². The summed E-state index contributed by atoms with van der Waals surface area (Å²) in [6.45, 7) is 9.32. The van der Waals surface area contributed by atoms with Crippen LogP contribution in [0.5, 0.6) is 0 Å². The summed E-state index contributed by atoms with van der Waals surface area (Å²) in [7, 11) is 0. The second-order valence-electron chi connectivity index (χ2n) is 4.15. The molecule has 0 aromatic heterocycles. The predicted octanol–water partition coefficient (Wildman–Crippen LogP) is 2.89. The summed E-state index contributed by atoms with van der Waals surface area (Å²) >= 11 is 0. The summed E-state index contributed by atoms with van der Waals surface area (Å²) in [6, 6.07) is 7.62. The Bertz CT molecular complexity index is 359. The largest absolute Gasteiger partial charge is 0.448 e. The quantitative estimate of drug-likeness (QED) is 0.844. The summed E-state index contributed by atoms with van der Waals surface area (Å²) in [5.74, 6) is 0. The van der Waals surface area contributed by atoms with Gasteiger partial charge in [-0.15, -0.1) is 0 Å². The molecule has 0 aliphatic heterocycles. The molecule has 0 spiro atoms. The fourth-order valence-corrected chi connectivity index (χ4v) is 1.60. The average molecular weight is 250 g/mol. The number of hydrogen-bond acceptors (Lipinski definition) is 3. The predicted molar refractivity (Wildman–Crippen MR) is 73.9 cm³/mol. The van der Waals surface area contributed by atoms with Gasteiger partial charge >= 0.3 is 6.09 Å². The molecule has 4 nitrogen and oxygen atoms in total. The topological polar surface area (TPSA) is 41.6 Å². The van der Waals surface area contributed by atoms with E-state index in [1.54, 1.807) is 0 Å². The number of amides is 1. The molecule has 18 heavy (non-hydrogen) atoms. The van der Waals surface area contributed by atoms with Crippen molar-refractivity contribution in [2.24, 2.45) is 0 Å². The van der Waals surface area contributed by atoms with Gasteiger partial charge in [-0.1, -0.05) is 31.5 Å². The molecule has 0 aliphatic rings. The van der Waals surface area contributed by atoms with Gasteiger partial charge in [-0.05, 0) is 32.1 Å². The molecular weight excluding hydrogens is 228 g/mol. The van der Waals surface area contributed by atoms with Crippen LogP contribution >= 0.6 is 0 Å². The molecular formula is C14H22N2O2.